The fourth-order valence-electron chi connectivity index (χ4n) is 3.84. The molecule has 0 N–H and O–H groups in total. The van der Waals surface area contributed by atoms with E-state index in [1.54, 1.807) is 0 Å². The molecular weight excluding hydrogens is 404 g/mol. The molecule has 0 bridgehead atoms. The molecule has 7 nitrogen and oxygen atoms in total. The Morgan fingerprint density at radius 2 is 1.59 bits per heavy atom. The van der Waals surface area contributed by atoms with Gasteiger partial charge in [-0.15, -0.1) is 0 Å². The van der Waals surface area contributed by atoms with Crippen LogP contribution in [0, 0.1) is 0 Å². The van der Waals surface area contributed by atoms with Crippen LogP contribution in [0.25, 0.3) is 11.4 Å². The number of carbonyl (C=O) groups excluding carboxylic acids is 1. The summed E-state index contributed by atoms with van der Waals surface area (Å²) < 4.78 is 13.3. The Hall–Kier alpha value is -3.32. The second-order valence-electron chi connectivity index (χ2n) is 7.73. The second kappa shape index (κ2) is 10.8. The molecular formula is C25H30N4O3. The molecule has 168 valence electrons. The first kappa shape index (κ1) is 21.9. The zero-order chi connectivity index (χ0) is 22.2. The maximum Gasteiger partial charge on any atom is 0.260 e. The standard InChI is InChI=1S/C25H30N4O3/c1-2-31-22-8-10-23(11-9-22)32-20-24(30)28-17-14-27(15-18-28)16-19-29-13-12-26-25(29)21-6-4-3-5-7-21/h3-13H,2,14-20H2,1H3. The molecule has 1 aliphatic heterocycles. The molecule has 32 heavy (non-hydrogen) atoms. The summed E-state index contributed by atoms with van der Waals surface area (Å²) in [6, 6.07) is 17.6. The Morgan fingerprint density at radius 1 is 0.906 bits per heavy atom. The topological polar surface area (TPSA) is 59.8 Å². The summed E-state index contributed by atoms with van der Waals surface area (Å²) in [7, 11) is 0. The lowest BCUT2D eigenvalue weighted by Gasteiger charge is -2.34. The van der Waals surface area contributed by atoms with Gasteiger partial charge in [-0.05, 0) is 31.2 Å². The smallest absolute Gasteiger partial charge is 0.260 e. The van der Waals surface area contributed by atoms with Gasteiger partial charge in [-0.25, -0.2) is 4.98 Å². The van der Waals surface area contributed by atoms with Crippen LogP contribution in [0.15, 0.2) is 67.0 Å². The highest BCUT2D eigenvalue weighted by Crippen LogP contribution is 2.18. The lowest BCUT2D eigenvalue weighted by molar-refractivity contribution is -0.135. The largest absolute Gasteiger partial charge is 0.494 e. The van der Waals surface area contributed by atoms with Crippen LogP contribution in [0.1, 0.15) is 6.92 Å². The van der Waals surface area contributed by atoms with E-state index in [2.05, 4.69) is 26.6 Å². The summed E-state index contributed by atoms with van der Waals surface area (Å²) in [5, 5.41) is 0. The lowest BCUT2D eigenvalue weighted by atomic mass is 10.2. The van der Waals surface area contributed by atoms with Gasteiger partial charge in [0.15, 0.2) is 6.61 Å². The van der Waals surface area contributed by atoms with Gasteiger partial charge in [-0.1, -0.05) is 30.3 Å². The summed E-state index contributed by atoms with van der Waals surface area (Å²) >= 11 is 0. The van der Waals surface area contributed by atoms with Crippen LogP contribution in [-0.2, 0) is 11.3 Å². The van der Waals surface area contributed by atoms with Gasteiger partial charge in [0.1, 0.15) is 17.3 Å². The van der Waals surface area contributed by atoms with Crippen molar-refractivity contribution >= 4 is 5.91 Å². The van der Waals surface area contributed by atoms with Gasteiger partial charge in [0.2, 0.25) is 0 Å². The van der Waals surface area contributed by atoms with Gasteiger partial charge in [0.25, 0.3) is 5.91 Å². The van der Waals surface area contributed by atoms with Gasteiger partial charge in [-0.2, -0.15) is 0 Å². The summed E-state index contributed by atoms with van der Waals surface area (Å²) in [5.74, 6) is 2.49. The van der Waals surface area contributed by atoms with Crippen molar-refractivity contribution in [3.05, 3.63) is 67.0 Å². The average Bonchev–Trinajstić information content (AvgIpc) is 3.32. The SMILES string of the molecule is CCOc1ccc(OCC(=O)N2CCN(CCn3ccnc3-c3ccccc3)CC2)cc1. The van der Waals surface area contributed by atoms with Crippen molar-refractivity contribution in [1.29, 1.82) is 0 Å². The number of nitrogens with zero attached hydrogens (tertiary/aromatic N) is 4. The third kappa shape index (κ3) is 5.68. The molecule has 4 rings (SSSR count). The first-order valence-corrected chi connectivity index (χ1v) is 11.2. The van der Waals surface area contributed by atoms with Gasteiger partial charge in [0, 0.05) is 57.2 Å². The van der Waals surface area contributed by atoms with E-state index in [1.807, 2.05) is 66.7 Å². The molecule has 0 spiro atoms. The number of hydrogen-bond donors (Lipinski definition) is 0. The van der Waals surface area contributed by atoms with Gasteiger partial charge >= 0.3 is 0 Å². The molecule has 1 aliphatic rings. The highest BCUT2D eigenvalue weighted by molar-refractivity contribution is 5.77. The number of rotatable bonds is 9. The summed E-state index contributed by atoms with van der Waals surface area (Å²) in [5.41, 5.74) is 1.13. The third-order valence-corrected chi connectivity index (χ3v) is 5.63. The highest BCUT2D eigenvalue weighted by Gasteiger charge is 2.21. The maximum atomic E-state index is 12.5. The number of benzene rings is 2. The number of amides is 1. The van der Waals surface area contributed by atoms with Crippen molar-refractivity contribution in [3.63, 3.8) is 0 Å². The summed E-state index contributed by atoms with van der Waals surface area (Å²) in [6.45, 7) is 7.61. The van der Waals surface area contributed by atoms with Gasteiger partial charge in [-0.3, -0.25) is 9.69 Å². The summed E-state index contributed by atoms with van der Waals surface area (Å²) in [6.07, 6.45) is 3.88. The zero-order valence-corrected chi connectivity index (χ0v) is 18.5. The molecule has 2 heterocycles. The average molecular weight is 435 g/mol. The van der Waals surface area contributed by atoms with E-state index < -0.39 is 0 Å². The van der Waals surface area contributed by atoms with Gasteiger partial charge in [0.05, 0.1) is 6.61 Å². The number of hydrogen-bond acceptors (Lipinski definition) is 5. The van der Waals surface area contributed by atoms with Crippen molar-refractivity contribution in [2.24, 2.45) is 0 Å². The first-order chi connectivity index (χ1) is 15.7. The van der Waals surface area contributed by atoms with Crippen molar-refractivity contribution in [2.45, 2.75) is 13.5 Å². The van der Waals surface area contributed by atoms with E-state index >= 15 is 0 Å². The van der Waals surface area contributed by atoms with Crippen LogP contribution >= 0.6 is 0 Å². The minimum atomic E-state index is 0.0273. The van der Waals surface area contributed by atoms with Crippen LogP contribution in [0.2, 0.25) is 0 Å². The third-order valence-electron chi connectivity index (χ3n) is 5.63. The molecule has 0 atom stereocenters. The molecule has 0 aliphatic carbocycles. The van der Waals surface area contributed by atoms with E-state index in [0.717, 1.165) is 56.4 Å². The van der Waals surface area contributed by atoms with Crippen molar-refractivity contribution < 1.29 is 14.3 Å². The number of piperazine rings is 1. The Labute approximate surface area is 189 Å². The van der Waals surface area contributed by atoms with Crippen molar-refractivity contribution in [3.8, 4) is 22.9 Å². The van der Waals surface area contributed by atoms with Crippen LogP contribution in [0.5, 0.6) is 11.5 Å². The monoisotopic (exact) mass is 434 g/mol. The van der Waals surface area contributed by atoms with E-state index in [0.29, 0.717) is 12.4 Å². The number of aromatic nitrogens is 2. The maximum absolute atomic E-state index is 12.5. The molecule has 0 saturated carbocycles. The Kier molecular flexibility index (Phi) is 7.40. The van der Waals surface area contributed by atoms with E-state index in [9.17, 15) is 4.79 Å². The quantitative estimate of drug-likeness (QED) is 0.518. The predicted molar refractivity (Wildman–Crippen MR) is 124 cm³/mol. The van der Waals surface area contributed by atoms with Gasteiger partial charge < -0.3 is 18.9 Å². The van der Waals surface area contributed by atoms with E-state index in [4.69, 9.17) is 9.47 Å². The van der Waals surface area contributed by atoms with Crippen molar-refractivity contribution in [2.75, 3.05) is 45.9 Å². The minimum Gasteiger partial charge on any atom is -0.494 e. The van der Waals surface area contributed by atoms with E-state index in [-0.39, 0.29) is 12.5 Å². The van der Waals surface area contributed by atoms with Crippen LogP contribution in [0.4, 0.5) is 0 Å². The normalized spacial score (nSPS) is 14.3. The van der Waals surface area contributed by atoms with Crippen LogP contribution < -0.4 is 9.47 Å². The summed E-state index contributed by atoms with van der Waals surface area (Å²) in [4.78, 5) is 21.3. The molecule has 3 aromatic rings. The molecule has 0 unspecified atom stereocenters. The Bertz CT molecular complexity index is 980. The number of imidazole rings is 1. The fourth-order valence-corrected chi connectivity index (χ4v) is 3.84. The lowest BCUT2D eigenvalue weighted by Crippen LogP contribution is -2.50. The molecule has 1 aromatic heterocycles. The first-order valence-electron chi connectivity index (χ1n) is 11.2. The van der Waals surface area contributed by atoms with Crippen molar-refractivity contribution in [1.82, 2.24) is 19.4 Å². The molecule has 1 fully saturated rings. The van der Waals surface area contributed by atoms with Crippen LogP contribution in [-0.4, -0.2) is 71.2 Å². The number of carbonyl (C=O) groups is 1. The molecule has 2 aromatic carbocycles. The Balaban J connectivity index is 1.20. The molecule has 1 amide bonds. The fraction of sp³-hybridized carbons (Fsp3) is 0.360. The predicted octanol–water partition coefficient (Wildman–Crippen LogP) is 3.17. The molecule has 0 radical (unpaired) electrons. The highest BCUT2D eigenvalue weighted by atomic mass is 16.5. The second-order valence-corrected chi connectivity index (χ2v) is 7.73. The Morgan fingerprint density at radius 3 is 2.28 bits per heavy atom. The number of ether oxygens (including phenoxy) is 2. The zero-order valence-electron chi connectivity index (χ0n) is 18.5. The van der Waals surface area contributed by atoms with Crippen LogP contribution in [0.3, 0.4) is 0 Å². The molecule has 7 heteroatoms. The molecule has 1 saturated heterocycles. The minimum absolute atomic E-state index is 0.0273. The van der Waals surface area contributed by atoms with E-state index in [1.165, 1.54) is 0 Å².